The molecule has 0 aliphatic rings. The summed E-state index contributed by atoms with van der Waals surface area (Å²) in [5.74, 6) is 0.180. The number of alkyl halides is 3. The molecule has 0 aliphatic heterocycles. The fourth-order valence-corrected chi connectivity index (χ4v) is 3.61. The Morgan fingerprint density at radius 2 is 1.96 bits per heavy atom. The highest BCUT2D eigenvalue weighted by Gasteiger charge is 2.33. The van der Waals surface area contributed by atoms with E-state index in [0.29, 0.717) is 5.69 Å². The number of unbranched alkanes of at least 4 members (excludes halogenated alkanes) is 3. The maximum absolute atomic E-state index is 12.7. The van der Waals surface area contributed by atoms with Crippen molar-refractivity contribution >= 4 is 11.3 Å². The van der Waals surface area contributed by atoms with E-state index in [-0.39, 0.29) is 11.5 Å². The Morgan fingerprint density at radius 3 is 2.69 bits per heavy atom. The van der Waals surface area contributed by atoms with Crippen LogP contribution in [0.4, 0.5) is 13.2 Å². The highest BCUT2D eigenvalue weighted by atomic mass is 32.1. The van der Waals surface area contributed by atoms with E-state index in [2.05, 4.69) is 28.1 Å². The Labute approximate surface area is 153 Å². The van der Waals surface area contributed by atoms with Crippen LogP contribution >= 0.6 is 11.3 Å². The van der Waals surface area contributed by atoms with Crippen LogP contribution in [0.2, 0.25) is 0 Å². The first-order valence-electron chi connectivity index (χ1n) is 8.52. The number of aryl methyl sites for hydroxylation is 1. The van der Waals surface area contributed by atoms with Gasteiger partial charge >= 0.3 is 6.18 Å². The Bertz CT molecular complexity index is 854. The summed E-state index contributed by atoms with van der Waals surface area (Å²) in [5, 5.41) is 7.71. The van der Waals surface area contributed by atoms with Crippen LogP contribution in [0.25, 0.3) is 22.1 Å². The molecule has 26 heavy (non-hydrogen) atoms. The molecule has 3 rings (SSSR count). The van der Waals surface area contributed by atoms with Crippen LogP contribution < -0.4 is 0 Å². The van der Waals surface area contributed by atoms with Crippen LogP contribution in [-0.4, -0.2) is 20.2 Å². The third kappa shape index (κ3) is 4.30. The summed E-state index contributed by atoms with van der Waals surface area (Å²) in [6.45, 7) is 2.18. The highest BCUT2D eigenvalue weighted by Crippen LogP contribution is 2.32. The van der Waals surface area contributed by atoms with Gasteiger partial charge in [-0.05, 0) is 42.0 Å². The molecule has 3 aromatic heterocycles. The molecule has 0 radical (unpaired) electrons. The molecule has 0 fully saturated rings. The van der Waals surface area contributed by atoms with E-state index in [0.717, 1.165) is 23.8 Å². The number of H-pyrrole nitrogens is 1. The van der Waals surface area contributed by atoms with Gasteiger partial charge in [-0.25, -0.2) is 9.97 Å². The predicted molar refractivity (Wildman–Crippen MR) is 95.8 cm³/mol. The number of aromatic amines is 1. The number of hydrogen-bond donors (Lipinski definition) is 1. The van der Waals surface area contributed by atoms with Gasteiger partial charge in [0.15, 0.2) is 5.82 Å². The van der Waals surface area contributed by atoms with Crippen LogP contribution in [0.15, 0.2) is 29.8 Å². The zero-order valence-electron chi connectivity index (χ0n) is 14.3. The van der Waals surface area contributed by atoms with Crippen molar-refractivity contribution in [2.24, 2.45) is 0 Å². The van der Waals surface area contributed by atoms with E-state index in [1.54, 1.807) is 23.6 Å². The first-order chi connectivity index (χ1) is 12.5. The molecule has 0 unspecified atom stereocenters. The first kappa shape index (κ1) is 18.6. The van der Waals surface area contributed by atoms with Crippen LogP contribution in [0, 0.1) is 0 Å². The fourth-order valence-electron chi connectivity index (χ4n) is 2.69. The largest absolute Gasteiger partial charge is 0.432 e. The second-order valence-corrected chi connectivity index (χ2v) is 6.93. The van der Waals surface area contributed by atoms with Gasteiger partial charge in [-0.2, -0.15) is 18.3 Å². The third-order valence-corrected chi connectivity index (χ3v) is 5.03. The number of nitrogens with zero attached hydrogens (tertiary/aromatic N) is 3. The van der Waals surface area contributed by atoms with E-state index in [9.17, 15) is 13.2 Å². The summed E-state index contributed by atoms with van der Waals surface area (Å²) in [6.07, 6.45) is 2.77. The van der Waals surface area contributed by atoms with E-state index >= 15 is 0 Å². The van der Waals surface area contributed by atoms with Crippen molar-refractivity contribution in [2.45, 2.75) is 45.2 Å². The number of hydrogen-bond acceptors (Lipinski definition) is 4. The van der Waals surface area contributed by atoms with E-state index in [1.165, 1.54) is 24.8 Å². The lowest BCUT2D eigenvalue weighted by Crippen LogP contribution is -2.04. The van der Waals surface area contributed by atoms with Gasteiger partial charge in [0.05, 0.1) is 10.6 Å². The Hall–Kier alpha value is -2.22. The Kier molecular flexibility index (Phi) is 5.70. The first-order valence-corrected chi connectivity index (χ1v) is 9.39. The average Bonchev–Trinajstić information content (AvgIpc) is 3.28. The summed E-state index contributed by atoms with van der Waals surface area (Å²) in [6, 6.07) is 4.80. The Balaban J connectivity index is 1.82. The van der Waals surface area contributed by atoms with Crippen molar-refractivity contribution < 1.29 is 13.2 Å². The molecule has 8 heteroatoms. The number of rotatable bonds is 7. The van der Waals surface area contributed by atoms with Gasteiger partial charge in [0.25, 0.3) is 0 Å². The van der Waals surface area contributed by atoms with Gasteiger partial charge in [-0.1, -0.05) is 26.2 Å². The second kappa shape index (κ2) is 7.99. The molecule has 0 aliphatic carbocycles. The Morgan fingerprint density at radius 1 is 1.12 bits per heavy atom. The summed E-state index contributed by atoms with van der Waals surface area (Å²) in [5.41, 5.74) is 1.11. The molecule has 0 amide bonds. The summed E-state index contributed by atoms with van der Waals surface area (Å²) < 4.78 is 38.2. The van der Waals surface area contributed by atoms with Gasteiger partial charge in [-0.3, -0.25) is 5.10 Å². The molecule has 138 valence electrons. The minimum absolute atomic E-state index is 0.0835. The van der Waals surface area contributed by atoms with Gasteiger partial charge in [0, 0.05) is 6.20 Å². The third-order valence-electron chi connectivity index (χ3n) is 4.05. The second-order valence-electron chi connectivity index (χ2n) is 6.02. The zero-order chi connectivity index (χ0) is 18.6. The number of nitrogens with one attached hydrogen (secondary N) is 1. The van der Waals surface area contributed by atoms with Gasteiger partial charge in [-0.15, -0.1) is 11.3 Å². The van der Waals surface area contributed by atoms with Gasteiger partial charge in [0.2, 0.25) is 0 Å². The van der Waals surface area contributed by atoms with Crippen LogP contribution in [0.3, 0.4) is 0 Å². The highest BCUT2D eigenvalue weighted by molar-refractivity contribution is 7.13. The van der Waals surface area contributed by atoms with Crippen molar-refractivity contribution in [1.29, 1.82) is 0 Å². The number of aromatic nitrogens is 4. The maximum atomic E-state index is 12.7. The molecule has 0 saturated heterocycles. The lowest BCUT2D eigenvalue weighted by Gasteiger charge is -2.05. The van der Waals surface area contributed by atoms with Gasteiger partial charge in [0.1, 0.15) is 11.4 Å². The fraction of sp³-hybridized carbons (Fsp3) is 0.389. The minimum Gasteiger partial charge on any atom is -0.273 e. The quantitative estimate of drug-likeness (QED) is 0.532. The monoisotopic (exact) mass is 380 g/mol. The lowest BCUT2D eigenvalue weighted by atomic mass is 10.1. The predicted octanol–water partition coefficient (Wildman–Crippen LogP) is 5.74. The summed E-state index contributed by atoms with van der Waals surface area (Å²) in [4.78, 5) is 9.55. The molecular weight excluding hydrogens is 361 g/mol. The molecule has 1 N–H and O–H groups in total. The zero-order valence-corrected chi connectivity index (χ0v) is 15.1. The van der Waals surface area contributed by atoms with E-state index in [4.69, 9.17) is 0 Å². The molecule has 3 heterocycles. The molecule has 0 spiro atoms. The van der Waals surface area contributed by atoms with E-state index < -0.39 is 11.9 Å². The number of halogens is 3. The molecule has 0 atom stereocenters. The molecular formula is C18H19F3N4S. The normalized spacial score (nSPS) is 11.8. The molecule has 0 saturated carbocycles. The van der Waals surface area contributed by atoms with Crippen molar-refractivity contribution in [3.05, 3.63) is 41.0 Å². The molecule has 3 aromatic rings. The van der Waals surface area contributed by atoms with Crippen LogP contribution in [0.5, 0.6) is 0 Å². The van der Waals surface area contributed by atoms with Crippen LogP contribution in [0.1, 0.15) is 43.9 Å². The smallest absolute Gasteiger partial charge is 0.273 e. The average molecular weight is 380 g/mol. The summed E-state index contributed by atoms with van der Waals surface area (Å²) >= 11 is 1.58. The van der Waals surface area contributed by atoms with Crippen molar-refractivity contribution in [1.82, 2.24) is 20.2 Å². The maximum Gasteiger partial charge on any atom is 0.432 e. The summed E-state index contributed by atoms with van der Waals surface area (Å²) in [7, 11) is 0. The standard InChI is InChI=1S/C18H19F3N4S/c1-2-3-4-5-6-12-8-10-26-16(12)13-7-9-22-17(23-13)14-11-15(25-24-14)18(19,20)21/h7-11H,2-6H2,1H3,(H,24,25). The van der Waals surface area contributed by atoms with Crippen molar-refractivity contribution in [2.75, 3.05) is 0 Å². The SMILES string of the molecule is CCCCCCc1ccsc1-c1ccnc(-c2cc(C(F)(F)F)[nH]n2)n1. The topological polar surface area (TPSA) is 54.5 Å². The number of thiophene rings is 1. The minimum atomic E-state index is -4.47. The van der Waals surface area contributed by atoms with Crippen molar-refractivity contribution in [3.63, 3.8) is 0 Å². The van der Waals surface area contributed by atoms with Gasteiger partial charge < -0.3 is 0 Å². The van der Waals surface area contributed by atoms with Crippen molar-refractivity contribution in [3.8, 4) is 22.1 Å². The molecule has 0 bridgehead atoms. The van der Waals surface area contributed by atoms with Crippen LogP contribution in [-0.2, 0) is 12.6 Å². The molecule has 0 aromatic carbocycles. The lowest BCUT2D eigenvalue weighted by molar-refractivity contribution is -0.141. The molecule has 4 nitrogen and oxygen atoms in total. The van der Waals surface area contributed by atoms with E-state index in [1.807, 2.05) is 10.5 Å².